The Morgan fingerprint density at radius 1 is 0.960 bits per heavy atom. The van der Waals surface area contributed by atoms with Crippen molar-refractivity contribution in [1.82, 2.24) is 15.1 Å². The second-order valence-corrected chi connectivity index (χ2v) is 5.77. The van der Waals surface area contributed by atoms with Gasteiger partial charge in [-0.2, -0.15) is 0 Å². The molecule has 3 amide bonds. The second-order valence-electron chi connectivity index (χ2n) is 5.77. The van der Waals surface area contributed by atoms with E-state index in [0.717, 1.165) is 0 Å². The maximum atomic E-state index is 12.5. The van der Waals surface area contributed by atoms with Crippen molar-refractivity contribution < 1.29 is 23.2 Å². The Hall–Kier alpha value is -3.03. The van der Waals surface area contributed by atoms with Crippen molar-refractivity contribution in [2.24, 2.45) is 0 Å². The number of amides is 3. The molecular weight excluding hydrogens is 326 g/mol. The van der Waals surface area contributed by atoms with Crippen molar-refractivity contribution >= 4 is 17.7 Å². The third kappa shape index (κ3) is 3.73. The van der Waals surface area contributed by atoms with Gasteiger partial charge in [-0.1, -0.05) is 0 Å². The van der Waals surface area contributed by atoms with Gasteiger partial charge in [-0.05, 0) is 31.2 Å². The highest BCUT2D eigenvalue weighted by atomic mass is 16.3. The van der Waals surface area contributed by atoms with Crippen LogP contribution in [-0.2, 0) is 4.79 Å². The number of furan rings is 2. The number of nitrogens with zero attached hydrogens (tertiary/aromatic N) is 2. The first-order valence-corrected chi connectivity index (χ1v) is 8.02. The highest BCUT2D eigenvalue weighted by molar-refractivity contribution is 5.95. The van der Waals surface area contributed by atoms with Gasteiger partial charge in [0.2, 0.25) is 5.91 Å². The number of rotatable bonds is 4. The van der Waals surface area contributed by atoms with E-state index in [1.165, 1.54) is 18.6 Å². The number of hydrogen-bond acceptors (Lipinski definition) is 5. The first kappa shape index (κ1) is 16.8. The van der Waals surface area contributed by atoms with Crippen molar-refractivity contribution in [2.75, 3.05) is 26.2 Å². The average molecular weight is 345 g/mol. The van der Waals surface area contributed by atoms with E-state index in [4.69, 9.17) is 8.83 Å². The van der Waals surface area contributed by atoms with Crippen molar-refractivity contribution in [1.29, 1.82) is 0 Å². The van der Waals surface area contributed by atoms with Gasteiger partial charge in [-0.25, -0.2) is 0 Å². The van der Waals surface area contributed by atoms with E-state index in [1.54, 1.807) is 34.9 Å². The van der Waals surface area contributed by atoms with Crippen molar-refractivity contribution in [2.45, 2.75) is 13.0 Å². The number of hydrogen-bond donors (Lipinski definition) is 1. The molecule has 0 bridgehead atoms. The number of carbonyl (C=O) groups excluding carboxylic acids is 3. The van der Waals surface area contributed by atoms with E-state index in [9.17, 15) is 14.4 Å². The van der Waals surface area contributed by atoms with Crippen LogP contribution in [0.1, 0.15) is 28.0 Å². The Labute approximate surface area is 144 Å². The quantitative estimate of drug-likeness (QED) is 0.891. The molecule has 2 aromatic rings. The Morgan fingerprint density at radius 2 is 1.52 bits per heavy atom. The molecule has 1 saturated heterocycles. The zero-order valence-corrected chi connectivity index (χ0v) is 13.8. The fraction of sp³-hybridized carbons (Fsp3) is 0.353. The third-order valence-electron chi connectivity index (χ3n) is 4.07. The molecule has 1 aliphatic heterocycles. The van der Waals surface area contributed by atoms with E-state index in [1.807, 2.05) is 0 Å². The van der Waals surface area contributed by atoms with Crippen LogP contribution in [0, 0.1) is 0 Å². The SMILES string of the molecule is CC(NC(=O)c1ccco1)C(=O)N1CCN(C(=O)c2ccco2)CC1. The van der Waals surface area contributed by atoms with E-state index in [0.29, 0.717) is 31.9 Å². The van der Waals surface area contributed by atoms with Gasteiger partial charge in [0, 0.05) is 26.2 Å². The molecule has 1 atom stereocenters. The molecule has 0 radical (unpaired) electrons. The second kappa shape index (κ2) is 7.25. The lowest BCUT2D eigenvalue weighted by Gasteiger charge is -2.35. The smallest absolute Gasteiger partial charge is 0.289 e. The first-order valence-electron chi connectivity index (χ1n) is 8.02. The van der Waals surface area contributed by atoms with E-state index in [-0.39, 0.29) is 17.6 Å². The molecule has 1 aliphatic rings. The molecule has 1 N–H and O–H groups in total. The summed E-state index contributed by atoms with van der Waals surface area (Å²) in [4.78, 5) is 39.9. The highest BCUT2D eigenvalue weighted by Crippen LogP contribution is 2.10. The lowest BCUT2D eigenvalue weighted by Crippen LogP contribution is -2.55. The van der Waals surface area contributed by atoms with E-state index >= 15 is 0 Å². The summed E-state index contributed by atoms with van der Waals surface area (Å²) in [7, 11) is 0. The van der Waals surface area contributed by atoms with Crippen LogP contribution in [0.2, 0.25) is 0 Å². The van der Waals surface area contributed by atoms with Crippen molar-refractivity contribution in [3.8, 4) is 0 Å². The molecule has 1 fully saturated rings. The summed E-state index contributed by atoms with van der Waals surface area (Å²) in [5.41, 5.74) is 0. The molecular formula is C17H19N3O5. The summed E-state index contributed by atoms with van der Waals surface area (Å²) in [6.45, 7) is 3.29. The third-order valence-corrected chi connectivity index (χ3v) is 4.07. The molecule has 25 heavy (non-hydrogen) atoms. The van der Waals surface area contributed by atoms with Crippen LogP contribution in [0.15, 0.2) is 45.6 Å². The van der Waals surface area contributed by atoms with Crippen LogP contribution in [-0.4, -0.2) is 59.7 Å². The number of nitrogens with one attached hydrogen (secondary N) is 1. The van der Waals surface area contributed by atoms with Gasteiger partial charge in [0.15, 0.2) is 11.5 Å². The lowest BCUT2D eigenvalue weighted by atomic mass is 10.2. The van der Waals surface area contributed by atoms with Gasteiger partial charge in [-0.3, -0.25) is 14.4 Å². The molecule has 3 heterocycles. The van der Waals surface area contributed by atoms with Crippen LogP contribution in [0.3, 0.4) is 0 Å². The molecule has 2 aromatic heterocycles. The fourth-order valence-corrected chi connectivity index (χ4v) is 2.70. The minimum atomic E-state index is -0.676. The molecule has 132 valence electrons. The molecule has 0 aromatic carbocycles. The van der Waals surface area contributed by atoms with Crippen LogP contribution in [0.5, 0.6) is 0 Å². The highest BCUT2D eigenvalue weighted by Gasteiger charge is 2.29. The predicted octanol–water partition coefficient (Wildman–Crippen LogP) is 0.975. The molecule has 8 heteroatoms. The van der Waals surface area contributed by atoms with Gasteiger partial charge in [0.1, 0.15) is 6.04 Å². The normalized spacial score (nSPS) is 15.7. The standard InChI is InChI=1S/C17H19N3O5/c1-12(18-15(21)13-4-2-10-24-13)16(22)19-6-8-20(9-7-19)17(23)14-5-3-11-25-14/h2-5,10-12H,6-9H2,1H3,(H,18,21). The minimum Gasteiger partial charge on any atom is -0.459 e. The summed E-state index contributed by atoms with van der Waals surface area (Å²) in [6.07, 6.45) is 2.85. The van der Waals surface area contributed by atoms with Crippen LogP contribution in [0.25, 0.3) is 0 Å². The summed E-state index contributed by atoms with van der Waals surface area (Å²) < 4.78 is 10.1. The van der Waals surface area contributed by atoms with Gasteiger partial charge < -0.3 is 24.0 Å². The minimum absolute atomic E-state index is 0.161. The maximum Gasteiger partial charge on any atom is 0.289 e. The number of piperazine rings is 1. The summed E-state index contributed by atoms with van der Waals surface area (Å²) >= 11 is 0. The summed E-state index contributed by atoms with van der Waals surface area (Å²) in [6, 6.07) is 5.75. The molecule has 3 rings (SSSR count). The molecule has 0 saturated carbocycles. The first-order chi connectivity index (χ1) is 12.1. The Morgan fingerprint density at radius 3 is 2.08 bits per heavy atom. The van der Waals surface area contributed by atoms with Crippen molar-refractivity contribution in [3.05, 3.63) is 48.3 Å². The Kier molecular flexibility index (Phi) is 4.87. The van der Waals surface area contributed by atoms with E-state index in [2.05, 4.69) is 5.32 Å². The zero-order chi connectivity index (χ0) is 17.8. The summed E-state index contributed by atoms with van der Waals surface area (Å²) in [5.74, 6) is -0.355. The fourth-order valence-electron chi connectivity index (χ4n) is 2.70. The monoisotopic (exact) mass is 345 g/mol. The maximum absolute atomic E-state index is 12.5. The molecule has 0 spiro atoms. The topological polar surface area (TPSA) is 96.0 Å². The molecule has 0 aliphatic carbocycles. The van der Waals surface area contributed by atoms with Crippen LogP contribution >= 0.6 is 0 Å². The predicted molar refractivity (Wildman–Crippen MR) is 86.8 cm³/mol. The largest absolute Gasteiger partial charge is 0.459 e. The van der Waals surface area contributed by atoms with Gasteiger partial charge >= 0.3 is 0 Å². The van der Waals surface area contributed by atoms with Gasteiger partial charge in [0.25, 0.3) is 11.8 Å². The Balaban J connectivity index is 1.51. The lowest BCUT2D eigenvalue weighted by molar-refractivity contribution is -0.134. The molecule has 8 nitrogen and oxygen atoms in total. The zero-order valence-electron chi connectivity index (χ0n) is 13.8. The van der Waals surface area contributed by atoms with E-state index < -0.39 is 11.9 Å². The molecule has 1 unspecified atom stereocenters. The van der Waals surface area contributed by atoms with Gasteiger partial charge in [0.05, 0.1) is 12.5 Å². The average Bonchev–Trinajstić information content (AvgIpc) is 3.33. The van der Waals surface area contributed by atoms with Gasteiger partial charge in [-0.15, -0.1) is 0 Å². The number of carbonyl (C=O) groups is 3. The summed E-state index contributed by atoms with van der Waals surface area (Å²) in [5, 5.41) is 2.62. The van der Waals surface area contributed by atoms with Crippen LogP contribution < -0.4 is 5.32 Å². The Bertz CT molecular complexity index is 730. The van der Waals surface area contributed by atoms with Crippen molar-refractivity contribution in [3.63, 3.8) is 0 Å². The van der Waals surface area contributed by atoms with Crippen LogP contribution in [0.4, 0.5) is 0 Å².